The van der Waals surface area contributed by atoms with Gasteiger partial charge in [-0.05, 0) is 17.2 Å². The van der Waals surface area contributed by atoms with Crippen LogP contribution in [0.1, 0.15) is 21.6 Å². The lowest BCUT2D eigenvalue weighted by Gasteiger charge is -2.12. The molecule has 0 aliphatic carbocycles. The third kappa shape index (κ3) is 4.95. The van der Waals surface area contributed by atoms with Crippen LogP contribution in [0.15, 0.2) is 53.7 Å². The highest BCUT2D eigenvalue weighted by Crippen LogP contribution is 2.33. The highest BCUT2D eigenvalue weighted by atomic mass is 19.4. The van der Waals surface area contributed by atoms with E-state index in [1.54, 1.807) is 42.5 Å². The van der Waals surface area contributed by atoms with Crippen molar-refractivity contribution in [1.82, 2.24) is 9.78 Å². The molecule has 0 fully saturated rings. The number of carbonyl (C=O) groups excluding carboxylic acids is 1. The van der Waals surface area contributed by atoms with Gasteiger partial charge in [0, 0.05) is 18.3 Å². The topological polar surface area (TPSA) is 68.5 Å². The summed E-state index contributed by atoms with van der Waals surface area (Å²) in [6, 6.07) is 13.3. The number of nitrogens with one attached hydrogen (secondary N) is 1. The van der Waals surface area contributed by atoms with Crippen LogP contribution in [0.4, 0.5) is 23.2 Å². The number of carbonyl (C=O) groups is 1. The van der Waals surface area contributed by atoms with Gasteiger partial charge in [0.2, 0.25) is 5.95 Å². The maximum atomic E-state index is 14.2. The fraction of sp³-hybridized carbons (Fsp3) is 0.136. The van der Waals surface area contributed by atoms with Crippen molar-refractivity contribution in [2.75, 3.05) is 11.9 Å². The molecule has 0 aliphatic heterocycles. The lowest BCUT2D eigenvalue weighted by molar-refractivity contribution is -0.141. The first-order valence-electron chi connectivity index (χ1n) is 9.11. The number of nitrogens with zero attached hydrogens (tertiary/aromatic N) is 3. The largest absolute Gasteiger partial charge is 0.436 e. The zero-order chi connectivity index (χ0) is 23.3. The molecule has 0 aliphatic rings. The summed E-state index contributed by atoms with van der Waals surface area (Å²) in [6.45, 7) is 0.0369. The summed E-state index contributed by atoms with van der Waals surface area (Å²) in [4.78, 5) is 17.4. The van der Waals surface area contributed by atoms with E-state index in [1.165, 1.54) is 12.3 Å². The molecule has 164 valence electrons. The number of amides is 1. The first-order chi connectivity index (χ1) is 15.2. The van der Waals surface area contributed by atoms with Crippen molar-refractivity contribution in [2.45, 2.75) is 6.18 Å². The highest BCUT2D eigenvalue weighted by Gasteiger charge is 2.41. The van der Waals surface area contributed by atoms with Crippen molar-refractivity contribution >= 4 is 17.8 Å². The molecule has 0 unspecified atom stereocenters. The summed E-state index contributed by atoms with van der Waals surface area (Å²) in [5.74, 6) is -0.373. The monoisotopic (exact) mass is 444 g/mol. The Morgan fingerprint density at radius 2 is 1.94 bits per heavy atom. The Kier molecular flexibility index (Phi) is 6.59. The van der Waals surface area contributed by atoms with Crippen LogP contribution in [0, 0.1) is 18.3 Å². The van der Waals surface area contributed by atoms with Crippen molar-refractivity contribution in [1.29, 1.82) is 0 Å². The molecule has 1 aromatic heterocycles. The van der Waals surface area contributed by atoms with E-state index >= 15 is 0 Å². The van der Waals surface area contributed by atoms with Crippen LogP contribution < -0.4 is 5.32 Å². The van der Waals surface area contributed by atoms with Gasteiger partial charge < -0.3 is 10.2 Å². The van der Waals surface area contributed by atoms with Crippen LogP contribution in [0.3, 0.4) is 0 Å². The maximum absolute atomic E-state index is 14.2. The van der Waals surface area contributed by atoms with E-state index in [-0.39, 0.29) is 12.3 Å². The maximum Gasteiger partial charge on any atom is 0.436 e. The Morgan fingerprint density at radius 1 is 1.25 bits per heavy atom. The first kappa shape index (κ1) is 22.6. The van der Waals surface area contributed by atoms with Gasteiger partial charge in [0.15, 0.2) is 12.3 Å². The predicted molar refractivity (Wildman–Crippen MR) is 110 cm³/mol. The minimum atomic E-state index is -4.99. The van der Waals surface area contributed by atoms with Crippen LogP contribution in [0.5, 0.6) is 0 Å². The van der Waals surface area contributed by atoms with E-state index < -0.39 is 29.3 Å². The van der Waals surface area contributed by atoms with Gasteiger partial charge in [-0.25, -0.2) is 4.68 Å². The number of oxime groups is 1. The van der Waals surface area contributed by atoms with Crippen LogP contribution in [0.25, 0.3) is 11.1 Å². The van der Waals surface area contributed by atoms with Gasteiger partial charge in [-0.2, -0.15) is 22.7 Å². The zero-order valence-corrected chi connectivity index (χ0v) is 16.7. The Labute approximate surface area is 180 Å². The molecule has 6 nitrogen and oxygen atoms in total. The summed E-state index contributed by atoms with van der Waals surface area (Å²) < 4.78 is 54.2. The average molecular weight is 444 g/mol. The Morgan fingerprint density at radius 3 is 2.59 bits per heavy atom. The first-order valence-corrected chi connectivity index (χ1v) is 9.11. The Hall–Kier alpha value is -4.13. The fourth-order valence-corrected chi connectivity index (χ4v) is 2.85. The minimum Gasteiger partial charge on any atom is -0.383 e. The van der Waals surface area contributed by atoms with E-state index in [0.29, 0.717) is 21.4 Å². The number of rotatable bonds is 6. The molecule has 3 aromatic rings. The molecule has 0 saturated heterocycles. The molecule has 0 saturated carbocycles. The second-order valence-corrected chi connectivity index (χ2v) is 6.47. The molecule has 0 atom stereocenters. The molecule has 32 heavy (non-hydrogen) atoms. The molecule has 0 radical (unpaired) electrons. The van der Waals surface area contributed by atoms with Crippen molar-refractivity contribution in [3.8, 4) is 23.5 Å². The van der Waals surface area contributed by atoms with Gasteiger partial charge >= 0.3 is 6.18 Å². The zero-order valence-electron chi connectivity index (χ0n) is 16.7. The van der Waals surface area contributed by atoms with E-state index in [0.717, 1.165) is 7.05 Å². The molecule has 1 amide bonds. The lowest BCUT2D eigenvalue weighted by Crippen LogP contribution is -2.19. The summed E-state index contributed by atoms with van der Waals surface area (Å²) in [5, 5.41) is 9.15. The Bertz CT molecular complexity index is 1190. The van der Waals surface area contributed by atoms with Crippen LogP contribution in [0.2, 0.25) is 0 Å². The second-order valence-electron chi connectivity index (χ2n) is 6.47. The van der Waals surface area contributed by atoms with Gasteiger partial charge in [-0.15, -0.1) is 6.42 Å². The number of hydrogen-bond donors (Lipinski definition) is 1. The summed E-state index contributed by atoms with van der Waals surface area (Å²) in [6.07, 6.45) is 1.52. The summed E-state index contributed by atoms with van der Waals surface area (Å²) >= 11 is 0. The highest BCUT2D eigenvalue weighted by molar-refractivity contribution is 6.07. The molecule has 1 N–H and O–H groups in total. The molecular formula is C22H16F4N4O2. The number of hydrogen-bond acceptors (Lipinski definition) is 4. The van der Waals surface area contributed by atoms with Gasteiger partial charge in [0.25, 0.3) is 5.91 Å². The van der Waals surface area contributed by atoms with Crippen LogP contribution >= 0.6 is 0 Å². The number of anilines is 1. The van der Waals surface area contributed by atoms with Gasteiger partial charge in [-0.1, -0.05) is 53.5 Å². The smallest absolute Gasteiger partial charge is 0.383 e. The number of benzene rings is 2. The Balaban J connectivity index is 1.88. The van der Waals surface area contributed by atoms with Crippen molar-refractivity contribution in [3.63, 3.8) is 0 Å². The third-order valence-electron chi connectivity index (χ3n) is 4.29. The molecular weight excluding hydrogens is 428 g/mol. The van der Waals surface area contributed by atoms with E-state index in [2.05, 4.69) is 21.5 Å². The van der Waals surface area contributed by atoms with E-state index in [1.807, 2.05) is 0 Å². The second kappa shape index (κ2) is 9.34. The van der Waals surface area contributed by atoms with Gasteiger partial charge in [-0.3, -0.25) is 4.79 Å². The third-order valence-corrected chi connectivity index (χ3v) is 4.29. The van der Waals surface area contributed by atoms with E-state index in [9.17, 15) is 22.4 Å². The lowest BCUT2D eigenvalue weighted by atomic mass is 10.0. The predicted octanol–water partition coefficient (Wildman–Crippen LogP) is 4.48. The van der Waals surface area contributed by atoms with Crippen LogP contribution in [-0.2, 0) is 18.1 Å². The number of aryl methyl sites for hydroxylation is 1. The molecule has 0 spiro atoms. The number of halogens is 4. The molecule has 10 heteroatoms. The van der Waals surface area contributed by atoms with Crippen molar-refractivity contribution in [3.05, 3.63) is 71.3 Å². The van der Waals surface area contributed by atoms with Crippen LogP contribution in [-0.4, -0.2) is 28.5 Å². The molecule has 0 bridgehead atoms. The van der Waals surface area contributed by atoms with Gasteiger partial charge in [0.1, 0.15) is 5.56 Å². The fourth-order valence-electron chi connectivity index (χ4n) is 2.85. The average Bonchev–Trinajstić information content (AvgIpc) is 3.07. The standard InChI is InChI=1S/C22H16F4N4O2/c1-3-12-32-27-13-14-8-10-15(11-9-14)16-6-4-5-7-17(16)28-21(31)18-19(22(24,25)26)29-30(2)20(18)23/h1,4-11,13H,12H2,2H3,(H,28,31). The van der Waals surface area contributed by atoms with Crippen molar-refractivity contribution in [2.24, 2.45) is 12.2 Å². The van der Waals surface area contributed by atoms with Crippen molar-refractivity contribution < 1.29 is 27.2 Å². The SMILES string of the molecule is C#CCON=Cc1ccc(-c2ccccc2NC(=O)c2c(C(F)(F)F)nn(C)c2F)cc1. The molecule has 3 rings (SSSR count). The number of alkyl halides is 3. The quantitative estimate of drug-likeness (QED) is 0.200. The molecule has 2 aromatic carbocycles. The number of aromatic nitrogens is 2. The van der Waals surface area contributed by atoms with E-state index in [4.69, 9.17) is 11.3 Å². The normalized spacial score (nSPS) is 11.4. The number of para-hydroxylation sites is 1. The summed E-state index contributed by atoms with van der Waals surface area (Å²) in [5.41, 5.74) is -0.681. The minimum absolute atomic E-state index is 0.0369. The number of terminal acetylenes is 1. The molecule has 1 heterocycles. The van der Waals surface area contributed by atoms with Gasteiger partial charge in [0.05, 0.1) is 6.21 Å². The summed E-state index contributed by atoms with van der Waals surface area (Å²) in [7, 11) is 0.984.